The summed E-state index contributed by atoms with van der Waals surface area (Å²) in [4.78, 5) is 12.8. The number of benzene rings is 2. The number of nitrogens with one attached hydrogen (secondary N) is 1. The molecule has 1 N–H and O–H groups in total. The molecule has 1 atom stereocenters. The van der Waals surface area contributed by atoms with Crippen molar-refractivity contribution in [1.29, 1.82) is 0 Å². The number of carbonyl (C=O) groups is 1. The predicted molar refractivity (Wildman–Crippen MR) is 104 cm³/mol. The van der Waals surface area contributed by atoms with Gasteiger partial charge in [-0.25, -0.2) is 0 Å². The average Bonchev–Trinajstić information content (AvgIpc) is 3.07. The van der Waals surface area contributed by atoms with Crippen LogP contribution in [0.15, 0.2) is 42.6 Å². The average molecular weight is 352 g/mol. The maximum atomic E-state index is 12.8. The van der Waals surface area contributed by atoms with Crippen molar-refractivity contribution in [3.8, 4) is 11.5 Å². The second kappa shape index (κ2) is 7.12. The topological polar surface area (TPSA) is 52.5 Å². The molecule has 0 aliphatic rings. The molecule has 0 bridgehead atoms. The minimum absolute atomic E-state index is 0.0713. The van der Waals surface area contributed by atoms with Crippen LogP contribution < -0.4 is 14.8 Å². The Kier molecular flexibility index (Phi) is 4.89. The number of carbonyl (C=O) groups excluding carboxylic acids is 1. The van der Waals surface area contributed by atoms with Crippen molar-refractivity contribution in [2.75, 3.05) is 19.5 Å². The van der Waals surface area contributed by atoms with Gasteiger partial charge < -0.3 is 19.4 Å². The lowest BCUT2D eigenvalue weighted by Gasteiger charge is -2.17. The van der Waals surface area contributed by atoms with Crippen LogP contribution in [0.1, 0.15) is 24.1 Å². The molecule has 1 heterocycles. The zero-order valence-corrected chi connectivity index (χ0v) is 15.8. The number of ether oxygens (including phenoxy) is 2. The Morgan fingerprint density at radius 1 is 1.12 bits per heavy atom. The SMILES string of the molecule is COc1cc(OC)c2ccn(C(C)C(=O)Nc3cccc(C)c3C)c2c1. The maximum absolute atomic E-state index is 12.8. The number of rotatable bonds is 5. The third-order valence-corrected chi connectivity index (χ3v) is 4.89. The Hall–Kier alpha value is -2.95. The van der Waals surface area contributed by atoms with Crippen LogP contribution in [0.3, 0.4) is 0 Å². The van der Waals surface area contributed by atoms with Crippen molar-refractivity contribution in [2.45, 2.75) is 26.8 Å². The quantitative estimate of drug-likeness (QED) is 0.737. The Morgan fingerprint density at radius 3 is 2.58 bits per heavy atom. The number of anilines is 1. The Labute approximate surface area is 153 Å². The van der Waals surface area contributed by atoms with E-state index >= 15 is 0 Å². The number of methoxy groups -OCH3 is 2. The molecule has 0 saturated heterocycles. The summed E-state index contributed by atoms with van der Waals surface area (Å²) in [5.41, 5.74) is 3.96. The number of nitrogens with zero attached hydrogens (tertiary/aromatic N) is 1. The van der Waals surface area contributed by atoms with E-state index in [9.17, 15) is 4.79 Å². The summed E-state index contributed by atoms with van der Waals surface area (Å²) in [5, 5.41) is 3.98. The van der Waals surface area contributed by atoms with E-state index in [1.165, 1.54) is 0 Å². The van der Waals surface area contributed by atoms with E-state index < -0.39 is 0 Å². The molecule has 136 valence electrons. The molecule has 1 aromatic heterocycles. The molecular weight excluding hydrogens is 328 g/mol. The highest BCUT2D eigenvalue weighted by Crippen LogP contribution is 2.33. The molecule has 5 nitrogen and oxygen atoms in total. The summed E-state index contributed by atoms with van der Waals surface area (Å²) in [5.74, 6) is 1.34. The molecule has 0 spiro atoms. The van der Waals surface area contributed by atoms with Crippen molar-refractivity contribution in [2.24, 2.45) is 0 Å². The number of hydrogen-bond acceptors (Lipinski definition) is 3. The van der Waals surface area contributed by atoms with Gasteiger partial charge in [0.1, 0.15) is 17.5 Å². The van der Waals surface area contributed by atoms with E-state index in [1.807, 2.05) is 67.9 Å². The van der Waals surface area contributed by atoms with E-state index in [2.05, 4.69) is 5.32 Å². The van der Waals surface area contributed by atoms with Crippen LogP contribution in [-0.2, 0) is 4.79 Å². The second-order valence-corrected chi connectivity index (χ2v) is 6.40. The van der Waals surface area contributed by atoms with E-state index in [-0.39, 0.29) is 11.9 Å². The van der Waals surface area contributed by atoms with E-state index in [4.69, 9.17) is 9.47 Å². The van der Waals surface area contributed by atoms with Crippen LogP contribution >= 0.6 is 0 Å². The summed E-state index contributed by atoms with van der Waals surface area (Å²) in [6.07, 6.45) is 1.90. The van der Waals surface area contributed by atoms with Crippen LogP contribution in [0.2, 0.25) is 0 Å². The number of hydrogen-bond donors (Lipinski definition) is 1. The monoisotopic (exact) mass is 352 g/mol. The van der Waals surface area contributed by atoms with Gasteiger partial charge in [-0.15, -0.1) is 0 Å². The lowest BCUT2D eigenvalue weighted by molar-refractivity contribution is -0.118. The van der Waals surface area contributed by atoms with Gasteiger partial charge in [0.25, 0.3) is 0 Å². The normalized spacial score (nSPS) is 12.0. The van der Waals surface area contributed by atoms with Crippen molar-refractivity contribution in [1.82, 2.24) is 4.57 Å². The fourth-order valence-electron chi connectivity index (χ4n) is 3.08. The zero-order valence-electron chi connectivity index (χ0n) is 15.8. The van der Waals surface area contributed by atoms with Gasteiger partial charge >= 0.3 is 0 Å². The molecule has 0 aliphatic carbocycles. The summed E-state index contributed by atoms with van der Waals surface area (Å²) in [7, 11) is 3.24. The van der Waals surface area contributed by atoms with E-state index in [0.717, 1.165) is 33.5 Å². The first-order chi connectivity index (χ1) is 12.5. The predicted octanol–water partition coefficient (Wildman–Crippen LogP) is 4.48. The first-order valence-corrected chi connectivity index (χ1v) is 8.56. The molecular formula is C21H24N2O3. The molecule has 2 aromatic carbocycles. The van der Waals surface area contributed by atoms with Gasteiger partial charge in [0.15, 0.2) is 0 Å². The van der Waals surface area contributed by atoms with Crippen LogP contribution in [0, 0.1) is 13.8 Å². The molecule has 0 aliphatic heterocycles. The largest absolute Gasteiger partial charge is 0.497 e. The molecule has 0 saturated carbocycles. The first-order valence-electron chi connectivity index (χ1n) is 8.56. The van der Waals surface area contributed by atoms with Crippen molar-refractivity contribution < 1.29 is 14.3 Å². The lowest BCUT2D eigenvalue weighted by Crippen LogP contribution is -2.23. The molecule has 5 heteroatoms. The zero-order chi connectivity index (χ0) is 18.8. The minimum Gasteiger partial charge on any atom is -0.497 e. The van der Waals surface area contributed by atoms with Crippen molar-refractivity contribution in [3.63, 3.8) is 0 Å². The molecule has 1 unspecified atom stereocenters. The second-order valence-electron chi connectivity index (χ2n) is 6.40. The van der Waals surface area contributed by atoms with Gasteiger partial charge in [-0.2, -0.15) is 0 Å². The number of aromatic nitrogens is 1. The van der Waals surface area contributed by atoms with Crippen LogP contribution in [0.4, 0.5) is 5.69 Å². The van der Waals surface area contributed by atoms with E-state index in [0.29, 0.717) is 5.75 Å². The van der Waals surface area contributed by atoms with Gasteiger partial charge in [0, 0.05) is 29.4 Å². The number of aryl methyl sites for hydroxylation is 1. The fourth-order valence-corrected chi connectivity index (χ4v) is 3.08. The van der Waals surface area contributed by atoms with Crippen molar-refractivity contribution >= 4 is 22.5 Å². The van der Waals surface area contributed by atoms with Crippen LogP contribution in [-0.4, -0.2) is 24.7 Å². The van der Waals surface area contributed by atoms with Crippen LogP contribution in [0.25, 0.3) is 10.9 Å². The highest BCUT2D eigenvalue weighted by Gasteiger charge is 2.19. The molecule has 3 aromatic rings. The Morgan fingerprint density at radius 2 is 1.88 bits per heavy atom. The maximum Gasteiger partial charge on any atom is 0.247 e. The van der Waals surface area contributed by atoms with Gasteiger partial charge in [0.2, 0.25) is 5.91 Å². The number of fused-ring (bicyclic) bond motifs is 1. The summed E-state index contributed by atoms with van der Waals surface area (Å²) >= 11 is 0. The highest BCUT2D eigenvalue weighted by atomic mass is 16.5. The van der Waals surface area contributed by atoms with Crippen molar-refractivity contribution in [3.05, 3.63) is 53.7 Å². The van der Waals surface area contributed by atoms with Gasteiger partial charge in [-0.3, -0.25) is 4.79 Å². The number of amides is 1. The summed E-state index contributed by atoms with van der Waals surface area (Å²) in [6.45, 7) is 5.93. The fraction of sp³-hybridized carbons (Fsp3) is 0.286. The van der Waals surface area contributed by atoms with E-state index in [1.54, 1.807) is 14.2 Å². The third kappa shape index (κ3) is 3.12. The van der Waals surface area contributed by atoms with Gasteiger partial charge in [-0.1, -0.05) is 12.1 Å². The molecule has 26 heavy (non-hydrogen) atoms. The Balaban J connectivity index is 1.95. The third-order valence-electron chi connectivity index (χ3n) is 4.89. The Bertz CT molecular complexity index is 959. The summed E-state index contributed by atoms with van der Waals surface area (Å²) < 4.78 is 12.7. The van der Waals surface area contributed by atoms with Gasteiger partial charge in [0.05, 0.1) is 19.7 Å². The lowest BCUT2D eigenvalue weighted by atomic mass is 10.1. The first kappa shape index (κ1) is 17.9. The standard InChI is InChI=1S/C21H24N2O3/c1-13-7-6-8-18(14(13)2)22-21(24)15(3)23-10-9-17-19(23)11-16(25-4)12-20(17)26-5/h6-12,15H,1-5H3,(H,22,24). The minimum atomic E-state index is -0.385. The highest BCUT2D eigenvalue weighted by molar-refractivity contribution is 5.96. The summed E-state index contributed by atoms with van der Waals surface area (Å²) in [6, 6.07) is 11.2. The van der Waals surface area contributed by atoms with Crippen LogP contribution in [0.5, 0.6) is 11.5 Å². The molecule has 1 amide bonds. The molecule has 3 rings (SSSR count). The molecule has 0 radical (unpaired) electrons. The molecule has 0 fully saturated rings. The van der Waals surface area contributed by atoms with Gasteiger partial charge in [-0.05, 0) is 44.0 Å². The smallest absolute Gasteiger partial charge is 0.247 e.